The number of fused-ring (bicyclic) bond motifs is 1. The molecule has 1 aromatic heterocycles. The van der Waals surface area contributed by atoms with Crippen molar-refractivity contribution in [3.63, 3.8) is 0 Å². The number of carbonyl (C=O) groups is 2. The zero-order chi connectivity index (χ0) is 22.8. The Morgan fingerprint density at radius 1 is 1.06 bits per heavy atom. The van der Waals surface area contributed by atoms with Gasteiger partial charge < -0.3 is 15.0 Å². The van der Waals surface area contributed by atoms with Crippen LogP contribution < -0.4 is 10.1 Å². The first-order valence-corrected chi connectivity index (χ1v) is 11.7. The number of carbonyl (C=O) groups excluding carboxylic acids is 2. The summed E-state index contributed by atoms with van der Waals surface area (Å²) in [4.78, 5) is 29.3. The highest BCUT2D eigenvalue weighted by molar-refractivity contribution is 7.10. The normalized spacial score (nSPS) is 13.9. The molecule has 2 aromatic carbocycles. The summed E-state index contributed by atoms with van der Waals surface area (Å²) < 4.78 is 5.91. The van der Waals surface area contributed by atoms with Crippen LogP contribution in [-0.2, 0) is 17.8 Å². The first-order chi connectivity index (χ1) is 15.3. The van der Waals surface area contributed by atoms with Crippen molar-refractivity contribution in [1.29, 1.82) is 0 Å². The van der Waals surface area contributed by atoms with Crippen LogP contribution in [0.25, 0.3) is 0 Å². The number of hydrogen-bond acceptors (Lipinski definition) is 4. The maximum Gasteiger partial charge on any atom is 0.265 e. The molecule has 2 heterocycles. The summed E-state index contributed by atoms with van der Waals surface area (Å²) in [6, 6.07) is 13.4. The van der Waals surface area contributed by atoms with Crippen LogP contribution in [-0.4, -0.2) is 29.4 Å². The molecule has 0 spiro atoms. The Morgan fingerprint density at radius 3 is 2.66 bits per heavy atom. The predicted octanol–water partition coefficient (Wildman–Crippen LogP) is 5.28. The number of thiophene rings is 1. The van der Waals surface area contributed by atoms with E-state index in [2.05, 4.69) is 16.8 Å². The third-order valence-electron chi connectivity index (χ3n) is 6.14. The Balaban J connectivity index is 1.47. The maximum atomic E-state index is 13.2. The highest BCUT2D eigenvalue weighted by Crippen LogP contribution is 2.27. The minimum Gasteiger partial charge on any atom is -0.481 e. The van der Waals surface area contributed by atoms with Crippen LogP contribution in [0.4, 0.5) is 5.69 Å². The van der Waals surface area contributed by atoms with E-state index < -0.39 is 6.10 Å². The monoisotopic (exact) mass is 448 g/mol. The number of nitrogens with zero attached hydrogens (tertiary/aromatic N) is 1. The molecule has 0 saturated carbocycles. The van der Waals surface area contributed by atoms with E-state index in [1.165, 1.54) is 10.4 Å². The van der Waals surface area contributed by atoms with Gasteiger partial charge in [0.05, 0.1) is 0 Å². The van der Waals surface area contributed by atoms with Crippen molar-refractivity contribution < 1.29 is 14.3 Å². The second-order valence-electron chi connectivity index (χ2n) is 8.27. The van der Waals surface area contributed by atoms with Crippen LogP contribution in [0.3, 0.4) is 0 Å². The Morgan fingerprint density at radius 2 is 1.84 bits per heavy atom. The SMILES string of the molecule is Cc1cccc(OC(C)C(=O)Nc2cccc(C(=O)N3CCc4sccc4C3)c2C)c1C. The minimum absolute atomic E-state index is 0.00451. The summed E-state index contributed by atoms with van der Waals surface area (Å²) >= 11 is 1.75. The second kappa shape index (κ2) is 9.17. The summed E-state index contributed by atoms with van der Waals surface area (Å²) in [5, 5.41) is 5.03. The summed E-state index contributed by atoms with van der Waals surface area (Å²) in [5.41, 5.74) is 5.38. The highest BCUT2D eigenvalue weighted by atomic mass is 32.1. The number of nitrogens with one attached hydrogen (secondary N) is 1. The van der Waals surface area contributed by atoms with Gasteiger partial charge in [0.25, 0.3) is 11.8 Å². The van der Waals surface area contributed by atoms with Gasteiger partial charge in [-0.1, -0.05) is 18.2 Å². The summed E-state index contributed by atoms with van der Waals surface area (Å²) in [6.45, 7) is 8.94. The molecule has 6 heteroatoms. The average Bonchev–Trinajstić information content (AvgIpc) is 3.25. The molecule has 1 aliphatic heterocycles. The van der Waals surface area contributed by atoms with E-state index >= 15 is 0 Å². The Bertz CT molecular complexity index is 1170. The van der Waals surface area contributed by atoms with Gasteiger partial charge in [-0.3, -0.25) is 9.59 Å². The Hall–Kier alpha value is -3.12. The summed E-state index contributed by atoms with van der Waals surface area (Å²) in [5.74, 6) is 0.445. The largest absolute Gasteiger partial charge is 0.481 e. The van der Waals surface area contributed by atoms with E-state index in [9.17, 15) is 9.59 Å². The van der Waals surface area contributed by atoms with E-state index in [1.54, 1.807) is 18.3 Å². The topological polar surface area (TPSA) is 58.6 Å². The van der Waals surface area contributed by atoms with Crippen LogP contribution in [0, 0.1) is 20.8 Å². The number of aryl methyl sites for hydroxylation is 1. The fourth-order valence-corrected chi connectivity index (χ4v) is 4.81. The standard InChI is InChI=1S/C26H28N2O3S/c1-16-7-5-10-23(17(16)2)31-19(4)25(29)27-22-9-6-8-21(18(22)3)26(30)28-13-11-24-20(15-28)12-14-32-24/h5-10,12,14,19H,11,13,15H2,1-4H3,(H,27,29). The number of ether oxygens (including phenoxy) is 1. The van der Waals surface area contributed by atoms with Crippen LogP contribution in [0.1, 0.15) is 44.4 Å². The average molecular weight is 449 g/mol. The fraction of sp³-hybridized carbons (Fsp3) is 0.308. The van der Waals surface area contributed by atoms with E-state index in [4.69, 9.17) is 4.74 Å². The van der Waals surface area contributed by atoms with Crippen molar-refractivity contribution in [2.75, 3.05) is 11.9 Å². The fourth-order valence-electron chi connectivity index (χ4n) is 3.93. The first kappa shape index (κ1) is 22.1. The highest BCUT2D eigenvalue weighted by Gasteiger charge is 2.25. The summed E-state index contributed by atoms with van der Waals surface area (Å²) in [6.07, 6.45) is 0.218. The van der Waals surface area contributed by atoms with Crippen LogP contribution in [0.2, 0.25) is 0 Å². The third-order valence-corrected chi connectivity index (χ3v) is 7.17. The lowest BCUT2D eigenvalue weighted by molar-refractivity contribution is -0.122. The Labute approximate surface area is 193 Å². The number of benzene rings is 2. The molecular weight excluding hydrogens is 420 g/mol. The first-order valence-electron chi connectivity index (χ1n) is 10.8. The minimum atomic E-state index is -0.673. The van der Waals surface area contributed by atoms with Crippen LogP contribution >= 0.6 is 11.3 Å². The second-order valence-corrected chi connectivity index (χ2v) is 9.27. The lowest BCUT2D eigenvalue weighted by Crippen LogP contribution is -2.36. The van der Waals surface area contributed by atoms with Crippen molar-refractivity contribution >= 4 is 28.8 Å². The molecule has 166 valence electrons. The third kappa shape index (κ3) is 4.41. The van der Waals surface area contributed by atoms with E-state index in [1.807, 2.05) is 62.1 Å². The smallest absolute Gasteiger partial charge is 0.265 e. The van der Waals surface area contributed by atoms with Gasteiger partial charge in [0.15, 0.2) is 6.10 Å². The number of rotatable bonds is 5. The van der Waals surface area contributed by atoms with Gasteiger partial charge >= 0.3 is 0 Å². The van der Waals surface area contributed by atoms with E-state index in [-0.39, 0.29) is 11.8 Å². The molecule has 0 fully saturated rings. The molecule has 1 aliphatic rings. The summed E-state index contributed by atoms with van der Waals surface area (Å²) in [7, 11) is 0. The number of amides is 2. The molecule has 1 atom stereocenters. The van der Waals surface area contributed by atoms with Gasteiger partial charge in [-0.15, -0.1) is 11.3 Å². The van der Waals surface area contributed by atoms with Crippen molar-refractivity contribution in [2.24, 2.45) is 0 Å². The maximum absolute atomic E-state index is 13.2. The quantitative estimate of drug-likeness (QED) is 0.578. The molecule has 0 aliphatic carbocycles. The lowest BCUT2D eigenvalue weighted by atomic mass is 10.0. The zero-order valence-electron chi connectivity index (χ0n) is 18.9. The molecular formula is C26H28N2O3S. The predicted molar refractivity (Wildman–Crippen MR) is 129 cm³/mol. The van der Waals surface area contributed by atoms with Crippen molar-refractivity contribution in [1.82, 2.24) is 4.90 Å². The van der Waals surface area contributed by atoms with Gasteiger partial charge in [0.2, 0.25) is 0 Å². The number of hydrogen-bond donors (Lipinski definition) is 1. The Kier molecular flexibility index (Phi) is 6.33. The van der Waals surface area contributed by atoms with Gasteiger partial charge in [-0.05, 0) is 86.0 Å². The van der Waals surface area contributed by atoms with Crippen molar-refractivity contribution in [3.8, 4) is 5.75 Å². The number of anilines is 1. The molecule has 5 nitrogen and oxygen atoms in total. The van der Waals surface area contributed by atoms with Gasteiger partial charge in [0, 0.05) is 29.2 Å². The molecule has 4 rings (SSSR count). The van der Waals surface area contributed by atoms with E-state index in [0.29, 0.717) is 30.1 Å². The molecule has 0 radical (unpaired) electrons. The van der Waals surface area contributed by atoms with Crippen molar-refractivity contribution in [3.05, 3.63) is 80.5 Å². The van der Waals surface area contributed by atoms with Gasteiger partial charge in [0.1, 0.15) is 5.75 Å². The lowest BCUT2D eigenvalue weighted by Gasteiger charge is -2.28. The molecule has 3 aromatic rings. The zero-order valence-corrected chi connectivity index (χ0v) is 19.7. The van der Waals surface area contributed by atoms with Gasteiger partial charge in [-0.2, -0.15) is 0 Å². The van der Waals surface area contributed by atoms with Crippen molar-refractivity contribution in [2.45, 2.75) is 46.8 Å². The van der Waals surface area contributed by atoms with Crippen LogP contribution in [0.15, 0.2) is 47.8 Å². The van der Waals surface area contributed by atoms with Gasteiger partial charge in [-0.25, -0.2) is 0 Å². The molecule has 2 amide bonds. The van der Waals surface area contributed by atoms with E-state index in [0.717, 1.165) is 23.1 Å². The molecule has 1 N–H and O–H groups in total. The molecule has 32 heavy (non-hydrogen) atoms. The molecule has 0 saturated heterocycles. The van der Waals surface area contributed by atoms with Crippen LogP contribution in [0.5, 0.6) is 5.75 Å². The molecule has 1 unspecified atom stereocenters. The molecule has 0 bridgehead atoms.